The molecule has 3 fully saturated rings. The zero-order valence-electron chi connectivity index (χ0n) is 26.9. The summed E-state index contributed by atoms with van der Waals surface area (Å²) in [5.74, 6) is -2.25. The minimum atomic E-state index is -1.16. The van der Waals surface area contributed by atoms with Crippen LogP contribution in [-0.4, -0.2) is 76.1 Å². The van der Waals surface area contributed by atoms with E-state index in [-0.39, 0.29) is 36.8 Å². The maximum Gasteiger partial charge on any atom is 0.253 e. The zero-order valence-corrected chi connectivity index (χ0v) is 27.7. The van der Waals surface area contributed by atoms with Gasteiger partial charge in [-0.1, -0.05) is 73.9 Å². The number of aliphatic hydroxyl groups excluding tert-OH is 1. The summed E-state index contributed by atoms with van der Waals surface area (Å²) in [6.45, 7) is 13.2. The Labute approximate surface area is 277 Å². The number of hydrogen-bond donors (Lipinski definition) is 1. The lowest BCUT2D eigenvalue weighted by molar-refractivity contribution is -0.151. The third-order valence-electron chi connectivity index (χ3n) is 10.2. The Hall–Kier alpha value is -3.46. The molecule has 2 bridgehead atoms. The van der Waals surface area contributed by atoms with Crippen molar-refractivity contribution in [2.24, 2.45) is 17.8 Å². The monoisotopic (exact) mass is 647 g/mol. The molecule has 1 N–H and O–H groups in total. The molecular formula is C37H46ClN3O5. The minimum absolute atomic E-state index is 0.0732. The second-order valence-electron chi connectivity index (χ2n) is 13.1. The predicted molar refractivity (Wildman–Crippen MR) is 180 cm³/mol. The Bertz CT molecular complexity index is 1430. The van der Waals surface area contributed by atoms with Crippen LogP contribution in [0.25, 0.3) is 0 Å². The molecule has 0 aliphatic carbocycles. The maximum absolute atomic E-state index is 14.8. The fourth-order valence-electron chi connectivity index (χ4n) is 7.99. The molecule has 8 nitrogen and oxygen atoms in total. The molecule has 1 spiro atoms. The summed E-state index contributed by atoms with van der Waals surface area (Å²) in [4.78, 5) is 49.2. The number of ether oxygens (including phenoxy) is 1. The van der Waals surface area contributed by atoms with Crippen LogP contribution >= 0.6 is 11.6 Å². The molecule has 3 heterocycles. The quantitative estimate of drug-likeness (QED) is 0.200. The van der Waals surface area contributed by atoms with Crippen LogP contribution in [0.5, 0.6) is 0 Å². The van der Waals surface area contributed by atoms with Crippen LogP contribution in [0.15, 0.2) is 79.9 Å². The van der Waals surface area contributed by atoms with Gasteiger partial charge in [0.2, 0.25) is 11.8 Å². The number of nitrogens with zero attached hydrogens (tertiary/aromatic N) is 3. The third-order valence-corrected chi connectivity index (χ3v) is 10.5. The molecule has 3 unspecified atom stereocenters. The van der Waals surface area contributed by atoms with E-state index in [0.717, 1.165) is 18.4 Å². The topological polar surface area (TPSA) is 90.4 Å². The predicted octanol–water partition coefficient (Wildman–Crippen LogP) is 5.64. The van der Waals surface area contributed by atoms with Crippen LogP contribution in [0.1, 0.15) is 51.5 Å². The maximum atomic E-state index is 14.8. The molecule has 3 saturated heterocycles. The first-order valence-corrected chi connectivity index (χ1v) is 16.7. The second-order valence-corrected chi connectivity index (χ2v) is 13.5. The fraction of sp³-hybridized carbons (Fsp3) is 0.486. The zero-order chi connectivity index (χ0) is 33.1. The number of halogens is 1. The van der Waals surface area contributed by atoms with Gasteiger partial charge >= 0.3 is 0 Å². The molecule has 0 radical (unpaired) electrons. The van der Waals surface area contributed by atoms with Crippen LogP contribution in [0.2, 0.25) is 5.02 Å². The lowest BCUT2D eigenvalue weighted by Crippen LogP contribution is -2.57. The van der Waals surface area contributed by atoms with Gasteiger partial charge in [-0.2, -0.15) is 0 Å². The highest BCUT2D eigenvalue weighted by Crippen LogP contribution is 2.65. The van der Waals surface area contributed by atoms with E-state index < -0.39 is 29.1 Å². The van der Waals surface area contributed by atoms with Crippen LogP contribution < -0.4 is 4.90 Å². The van der Waals surface area contributed by atoms with Gasteiger partial charge in [0, 0.05) is 43.5 Å². The van der Waals surface area contributed by atoms with E-state index in [1.165, 1.54) is 0 Å². The summed E-state index contributed by atoms with van der Waals surface area (Å²) in [5, 5.41) is 9.82. The molecule has 6 atom stereocenters. The first-order chi connectivity index (χ1) is 22.1. The highest BCUT2D eigenvalue weighted by atomic mass is 35.5. The number of amides is 3. The van der Waals surface area contributed by atoms with Crippen molar-refractivity contribution >= 4 is 35.0 Å². The molecule has 2 aromatic carbocycles. The van der Waals surface area contributed by atoms with E-state index in [9.17, 15) is 19.5 Å². The summed E-state index contributed by atoms with van der Waals surface area (Å²) < 4.78 is 7.00. The molecule has 0 saturated carbocycles. The molecule has 46 heavy (non-hydrogen) atoms. The van der Waals surface area contributed by atoms with E-state index in [1.807, 2.05) is 37.3 Å². The number of aliphatic hydroxyl groups is 1. The number of rotatable bonds is 15. The average molecular weight is 648 g/mol. The smallest absolute Gasteiger partial charge is 0.253 e. The standard InChI is InChI=1S/C37H46ClN3O5/c1-5-20-39(25-27-14-10-9-11-15-27)33(43)30-31-34(44)41(22-12-7-8-13-23-42)32(37(31)24-26(3)36(30,4)46-37)35(45)40(21-6-2)29-18-16-28(38)17-19-29/h5-6,9-11,14-19,26,30-32,42H,1-2,7-8,12-13,20-25H2,3-4H3/t26?,30-,31-,32?,36+,37?/m0/s1. The third kappa shape index (κ3) is 6.03. The number of benzene rings is 2. The first kappa shape index (κ1) is 33.9. The van der Waals surface area contributed by atoms with Gasteiger partial charge in [-0.15, -0.1) is 13.2 Å². The van der Waals surface area contributed by atoms with Gasteiger partial charge in [0.05, 0.1) is 17.4 Å². The van der Waals surface area contributed by atoms with E-state index >= 15 is 0 Å². The van der Waals surface area contributed by atoms with Crippen molar-refractivity contribution in [1.29, 1.82) is 0 Å². The van der Waals surface area contributed by atoms with Crippen molar-refractivity contribution < 1.29 is 24.2 Å². The van der Waals surface area contributed by atoms with E-state index in [4.69, 9.17) is 16.3 Å². The largest absolute Gasteiger partial charge is 0.396 e. The number of fused-ring (bicyclic) bond motifs is 1. The Balaban J connectivity index is 1.55. The number of unbranched alkanes of at least 4 members (excludes halogenated alkanes) is 3. The highest BCUT2D eigenvalue weighted by Gasteiger charge is 2.80. The summed E-state index contributed by atoms with van der Waals surface area (Å²) in [7, 11) is 0. The molecule has 3 aliphatic heterocycles. The van der Waals surface area contributed by atoms with Crippen LogP contribution in [0.3, 0.4) is 0 Å². The molecule has 9 heteroatoms. The number of carbonyl (C=O) groups excluding carboxylic acids is 3. The molecule has 3 amide bonds. The highest BCUT2D eigenvalue weighted by molar-refractivity contribution is 6.30. The summed E-state index contributed by atoms with van der Waals surface area (Å²) in [6, 6.07) is 15.9. The van der Waals surface area contributed by atoms with Crippen molar-refractivity contribution in [3.05, 3.63) is 90.5 Å². The summed E-state index contributed by atoms with van der Waals surface area (Å²) in [5.41, 5.74) is -0.466. The Morgan fingerprint density at radius 1 is 1.02 bits per heavy atom. The Morgan fingerprint density at radius 2 is 1.70 bits per heavy atom. The normalized spacial score (nSPS) is 27.8. The van der Waals surface area contributed by atoms with Gasteiger partial charge in [0.25, 0.3) is 5.91 Å². The van der Waals surface area contributed by atoms with Crippen LogP contribution in [0, 0.1) is 17.8 Å². The summed E-state index contributed by atoms with van der Waals surface area (Å²) in [6.07, 6.45) is 6.84. The second kappa shape index (κ2) is 14.1. The lowest BCUT2D eigenvalue weighted by atomic mass is 9.62. The van der Waals surface area contributed by atoms with E-state index in [1.54, 1.807) is 51.1 Å². The molecule has 2 aromatic rings. The van der Waals surface area contributed by atoms with Gasteiger partial charge in [0.15, 0.2) is 0 Å². The lowest BCUT2D eigenvalue weighted by Gasteiger charge is -2.39. The van der Waals surface area contributed by atoms with E-state index in [0.29, 0.717) is 49.6 Å². The van der Waals surface area contributed by atoms with Gasteiger partial charge < -0.3 is 24.5 Å². The fourth-order valence-corrected chi connectivity index (χ4v) is 8.12. The van der Waals surface area contributed by atoms with Crippen molar-refractivity contribution in [2.45, 2.75) is 69.7 Å². The SMILES string of the molecule is C=CCN(Cc1ccccc1)C(=O)[C@@H]1[C@H]2C(=O)N(CCCCCCO)C(C(=O)N(CC=C)c3ccc(Cl)cc3)C23CC(C)[C@@]1(C)O3. The van der Waals surface area contributed by atoms with Crippen molar-refractivity contribution in [1.82, 2.24) is 9.80 Å². The molecule has 0 aromatic heterocycles. The number of carbonyl (C=O) groups is 3. The van der Waals surface area contributed by atoms with Gasteiger partial charge in [-0.3, -0.25) is 14.4 Å². The van der Waals surface area contributed by atoms with Crippen LogP contribution in [-0.2, 0) is 25.7 Å². The van der Waals surface area contributed by atoms with Gasteiger partial charge in [-0.25, -0.2) is 0 Å². The van der Waals surface area contributed by atoms with Crippen LogP contribution in [0.4, 0.5) is 5.69 Å². The Kier molecular flexibility index (Phi) is 10.4. The number of anilines is 1. The first-order valence-electron chi connectivity index (χ1n) is 16.4. The van der Waals surface area contributed by atoms with Crippen molar-refractivity contribution in [2.75, 3.05) is 31.1 Å². The van der Waals surface area contributed by atoms with Gasteiger partial charge in [0.1, 0.15) is 11.6 Å². The molecular weight excluding hydrogens is 602 g/mol. The van der Waals surface area contributed by atoms with Crippen molar-refractivity contribution in [3.63, 3.8) is 0 Å². The molecule has 5 rings (SSSR count). The van der Waals surface area contributed by atoms with Crippen molar-refractivity contribution in [3.8, 4) is 0 Å². The van der Waals surface area contributed by atoms with Gasteiger partial charge in [-0.05, 0) is 61.9 Å². The molecule has 3 aliphatic rings. The van der Waals surface area contributed by atoms with E-state index in [2.05, 4.69) is 20.1 Å². The minimum Gasteiger partial charge on any atom is -0.396 e. The molecule has 246 valence electrons. The average Bonchev–Trinajstić information content (AvgIpc) is 3.56. The summed E-state index contributed by atoms with van der Waals surface area (Å²) >= 11 is 6.18. The number of hydrogen-bond acceptors (Lipinski definition) is 5. The Morgan fingerprint density at radius 3 is 2.35 bits per heavy atom. The number of likely N-dealkylation sites (tertiary alicyclic amines) is 1.